The lowest BCUT2D eigenvalue weighted by Crippen LogP contribution is -2.14. The van der Waals surface area contributed by atoms with Gasteiger partial charge >= 0.3 is 0 Å². The summed E-state index contributed by atoms with van der Waals surface area (Å²) in [6.07, 6.45) is 1.38. The van der Waals surface area contributed by atoms with E-state index in [9.17, 15) is 12.8 Å². The molecule has 0 bridgehead atoms. The molecule has 20 heavy (non-hydrogen) atoms. The Balaban J connectivity index is 2.44. The van der Waals surface area contributed by atoms with Crippen LogP contribution in [0.25, 0.3) is 0 Å². The largest absolute Gasteiger partial charge is 0.279 e. The first-order chi connectivity index (χ1) is 9.31. The number of hydrogen-bond donors (Lipinski definition) is 1. The van der Waals surface area contributed by atoms with Crippen molar-refractivity contribution in [2.24, 2.45) is 0 Å². The van der Waals surface area contributed by atoms with Crippen molar-refractivity contribution in [3.8, 4) is 0 Å². The van der Waals surface area contributed by atoms with Crippen LogP contribution < -0.4 is 4.72 Å². The molecule has 0 atom stereocenters. The summed E-state index contributed by atoms with van der Waals surface area (Å²) in [5.41, 5.74) is 0.715. The van der Waals surface area contributed by atoms with Crippen molar-refractivity contribution < 1.29 is 12.8 Å². The maximum absolute atomic E-state index is 13.5. The summed E-state index contributed by atoms with van der Waals surface area (Å²) in [6, 6.07) is 5.36. The average Bonchev–Trinajstić information content (AvgIpc) is 2.36. The summed E-state index contributed by atoms with van der Waals surface area (Å²) in [5.74, 6) is -0.564. The average molecular weight is 380 g/mol. The molecule has 0 saturated carbocycles. The first-order valence-corrected chi connectivity index (χ1v) is 8.05. The van der Waals surface area contributed by atoms with Gasteiger partial charge in [0.15, 0.2) is 0 Å². The van der Waals surface area contributed by atoms with Crippen molar-refractivity contribution >= 4 is 43.2 Å². The molecule has 1 aromatic heterocycles. The number of benzene rings is 1. The van der Waals surface area contributed by atoms with Gasteiger partial charge in [0, 0.05) is 6.20 Å². The molecule has 0 amide bonds. The van der Waals surface area contributed by atoms with Crippen LogP contribution in [0.5, 0.6) is 0 Å². The molecule has 0 unspecified atom stereocenters. The summed E-state index contributed by atoms with van der Waals surface area (Å²) < 4.78 is 40.5. The van der Waals surface area contributed by atoms with Crippen LogP contribution in [0, 0.1) is 12.7 Å². The lowest BCUT2D eigenvalue weighted by atomic mass is 10.2. The molecule has 0 spiro atoms. The molecule has 0 fully saturated rings. The van der Waals surface area contributed by atoms with Crippen LogP contribution in [0.4, 0.5) is 10.1 Å². The van der Waals surface area contributed by atoms with Crippen LogP contribution >= 0.6 is 27.5 Å². The number of sulfonamides is 1. The summed E-state index contributed by atoms with van der Waals surface area (Å²) in [7, 11) is -3.92. The van der Waals surface area contributed by atoms with E-state index in [4.69, 9.17) is 11.6 Å². The van der Waals surface area contributed by atoms with Crippen LogP contribution in [0.15, 0.2) is 39.8 Å². The zero-order chi connectivity index (χ0) is 14.9. The molecule has 1 aromatic carbocycles. The summed E-state index contributed by atoms with van der Waals surface area (Å²) in [4.78, 5) is 3.54. The van der Waals surface area contributed by atoms with Gasteiger partial charge in [0.1, 0.15) is 15.9 Å². The number of rotatable bonds is 3. The van der Waals surface area contributed by atoms with Gasteiger partial charge in [0.2, 0.25) is 0 Å². The van der Waals surface area contributed by atoms with Crippen molar-refractivity contribution in [3.63, 3.8) is 0 Å². The van der Waals surface area contributed by atoms with Gasteiger partial charge in [-0.3, -0.25) is 4.72 Å². The number of anilines is 1. The molecule has 0 aliphatic heterocycles. The number of hydrogen-bond acceptors (Lipinski definition) is 3. The van der Waals surface area contributed by atoms with Gasteiger partial charge in [0.05, 0.1) is 10.2 Å². The second kappa shape index (κ2) is 5.67. The highest BCUT2D eigenvalue weighted by Crippen LogP contribution is 2.27. The first kappa shape index (κ1) is 15.2. The Morgan fingerprint density at radius 3 is 2.75 bits per heavy atom. The lowest BCUT2D eigenvalue weighted by molar-refractivity contribution is 0.600. The number of aromatic nitrogens is 1. The van der Waals surface area contributed by atoms with E-state index in [1.165, 1.54) is 24.4 Å². The van der Waals surface area contributed by atoms with Crippen molar-refractivity contribution in [3.05, 3.63) is 51.5 Å². The van der Waals surface area contributed by atoms with E-state index in [1.54, 1.807) is 6.92 Å². The highest BCUT2D eigenvalue weighted by atomic mass is 79.9. The lowest BCUT2D eigenvalue weighted by Gasteiger charge is -2.12. The van der Waals surface area contributed by atoms with E-state index < -0.39 is 15.8 Å². The van der Waals surface area contributed by atoms with Gasteiger partial charge in [-0.15, -0.1) is 0 Å². The maximum atomic E-state index is 13.5. The molecule has 106 valence electrons. The SMILES string of the molecule is Cc1cc(Br)c(F)cc1NS(=O)(=O)c1cccnc1Cl. The Hall–Kier alpha value is -1.18. The number of aryl methyl sites for hydroxylation is 1. The minimum Gasteiger partial charge on any atom is -0.279 e. The second-order valence-corrected chi connectivity index (χ2v) is 6.84. The molecule has 8 heteroatoms. The highest BCUT2D eigenvalue weighted by Gasteiger charge is 2.20. The first-order valence-electron chi connectivity index (χ1n) is 5.40. The summed E-state index contributed by atoms with van der Waals surface area (Å²) >= 11 is 8.79. The zero-order valence-electron chi connectivity index (χ0n) is 10.2. The van der Waals surface area contributed by atoms with E-state index >= 15 is 0 Å². The van der Waals surface area contributed by atoms with Crippen molar-refractivity contribution in [2.75, 3.05) is 4.72 Å². The molecular formula is C12H9BrClFN2O2S. The predicted octanol–water partition coefficient (Wildman–Crippen LogP) is 3.75. The van der Waals surface area contributed by atoms with Crippen LogP contribution in [0.2, 0.25) is 5.15 Å². The molecular weight excluding hydrogens is 371 g/mol. The fourth-order valence-electron chi connectivity index (χ4n) is 1.53. The Bertz CT molecular complexity index is 768. The highest BCUT2D eigenvalue weighted by molar-refractivity contribution is 9.10. The topological polar surface area (TPSA) is 59.1 Å². The molecule has 0 radical (unpaired) electrons. The second-order valence-electron chi connectivity index (χ2n) is 3.98. The standard InChI is InChI=1S/C12H9BrClFN2O2S/c1-7-5-8(13)9(15)6-10(7)17-20(18,19)11-3-2-4-16-12(11)14/h2-6,17H,1H3. The predicted molar refractivity (Wildman–Crippen MR) is 78.9 cm³/mol. The normalized spacial score (nSPS) is 11.4. The molecule has 4 nitrogen and oxygen atoms in total. The quantitative estimate of drug-likeness (QED) is 0.826. The maximum Gasteiger partial charge on any atom is 0.264 e. The number of halogens is 3. The van der Waals surface area contributed by atoms with Crippen LogP contribution in [-0.2, 0) is 10.0 Å². The van der Waals surface area contributed by atoms with Crippen molar-refractivity contribution in [1.29, 1.82) is 0 Å². The fraction of sp³-hybridized carbons (Fsp3) is 0.0833. The van der Waals surface area contributed by atoms with Gasteiger partial charge in [-0.25, -0.2) is 17.8 Å². The van der Waals surface area contributed by atoms with Crippen molar-refractivity contribution in [2.45, 2.75) is 11.8 Å². The van der Waals surface area contributed by atoms with E-state index in [0.717, 1.165) is 6.07 Å². The van der Waals surface area contributed by atoms with Gasteiger partial charge in [-0.05, 0) is 52.7 Å². The third kappa shape index (κ3) is 3.11. The van der Waals surface area contributed by atoms with Gasteiger partial charge in [0.25, 0.3) is 10.0 Å². The molecule has 0 aliphatic rings. The van der Waals surface area contributed by atoms with Gasteiger partial charge in [-0.2, -0.15) is 0 Å². The van der Waals surface area contributed by atoms with E-state index in [1.807, 2.05) is 0 Å². The number of nitrogens with zero attached hydrogens (tertiary/aromatic N) is 1. The third-order valence-electron chi connectivity index (χ3n) is 2.53. The number of nitrogens with one attached hydrogen (secondary N) is 1. The summed E-state index contributed by atoms with van der Waals surface area (Å²) in [6.45, 7) is 1.66. The molecule has 1 heterocycles. The van der Waals surface area contributed by atoms with E-state index in [0.29, 0.717) is 5.56 Å². The van der Waals surface area contributed by atoms with Crippen LogP contribution in [-0.4, -0.2) is 13.4 Å². The molecule has 1 N–H and O–H groups in total. The molecule has 0 aliphatic carbocycles. The van der Waals surface area contributed by atoms with Gasteiger partial charge < -0.3 is 0 Å². The van der Waals surface area contributed by atoms with Gasteiger partial charge in [-0.1, -0.05) is 11.6 Å². The monoisotopic (exact) mass is 378 g/mol. The molecule has 2 aromatic rings. The Morgan fingerprint density at radius 2 is 2.10 bits per heavy atom. The molecule has 0 saturated heterocycles. The van der Waals surface area contributed by atoms with E-state index in [2.05, 4.69) is 25.6 Å². The van der Waals surface area contributed by atoms with Crippen LogP contribution in [0.1, 0.15) is 5.56 Å². The van der Waals surface area contributed by atoms with Crippen molar-refractivity contribution in [1.82, 2.24) is 4.98 Å². The zero-order valence-corrected chi connectivity index (χ0v) is 13.4. The number of pyridine rings is 1. The van der Waals surface area contributed by atoms with Crippen LogP contribution in [0.3, 0.4) is 0 Å². The molecule has 2 rings (SSSR count). The Morgan fingerprint density at radius 1 is 1.40 bits per heavy atom. The fourth-order valence-corrected chi connectivity index (χ4v) is 3.56. The minimum atomic E-state index is -3.92. The third-order valence-corrected chi connectivity index (χ3v) is 4.94. The Kier molecular flexibility index (Phi) is 4.31. The van der Waals surface area contributed by atoms with E-state index in [-0.39, 0.29) is 20.2 Å². The Labute approximate surface area is 129 Å². The minimum absolute atomic E-state index is 0.143. The summed E-state index contributed by atoms with van der Waals surface area (Å²) in [5, 5.41) is -0.143. The smallest absolute Gasteiger partial charge is 0.264 e.